The lowest BCUT2D eigenvalue weighted by Crippen LogP contribution is -2.20. The third kappa shape index (κ3) is 5.82. The van der Waals surface area contributed by atoms with Gasteiger partial charge in [-0.05, 0) is 76.9 Å². The molecule has 0 fully saturated rings. The van der Waals surface area contributed by atoms with Crippen LogP contribution < -0.4 is 15.4 Å². The van der Waals surface area contributed by atoms with Gasteiger partial charge in [0.05, 0.1) is 5.69 Å². The monoisotopic (exact) mass is 472 g/mol. The number of amides is 2. The van der Waals surface area contributed by atoms with E-state index in [4.69, 9.17) is 16.3 Å². The number of hydrogen-bond donors (Lipinski definition) is 2. The van der Waals surface area contributed by atoms with Crippen LogP contribution in [0.15, 0.2) is 71.2 Å². The highest BCUT2D eigenvalue weighted by Crippen LogP contribution is 2.27. The van der Waals surface area contributed by atoms with Crippen molar-refractivity contribution in [1.29, 1.82) is 0 Å². The quantitative estimate of drug-likeness (QED) is 0.484. The second-order valence-electron chi connectivity index (χ2n) is 6.26. The summed E-state index contributed by atoms with van der Waals surface area (Å²) < 4.78 is 6.25. The number of anilines is 2. The minimum absolute atomic E-state index is 0.149. The molecule has 3 aromatic rings. The maximum atomic E-state index is 12.4. The highest BCUT2D eigenvalue weighted by Gasteiger charge is 2.11. The average Bonchev–Trinajstić information content (AvgIpc) is 2.70. The number of halogens is 2. The van der Waals surface area contributed by atoms with Crippen LogP contribution in [0.25, 0.3) is 0 Å². The highest BCUT2D eigenvalue weighted by atomic mass is 79.9. The molecule has 3 rings (SSSR count). The number of carbonyl (C=O) groups is 2. The van der Waals surface area contributed by atoms with Gasteiger partial charge in [0.1, 0.15) is 5.75 Å². The van der Waals surface area contributed by atoms with Crippen LogP contribution in [0.4, 0.5) is 11.4 Å². The van der Waals surface area contributed by atoms with Gasteiger partial charge in [0, 0.05) is 20.7 Å². The molecule has 0 radical (unpaired) electrons. The molecule has 0 aliphatic rings. The zero-order valence-corrected chi connectivity index (χ0v) is 17.9. The van der Waals surface area contributed by atoms with E-state index in [1.54, 1.807) is 60.7 Å². The normalized spacial score (nSPS) is 10.3. The number of aryl methyl sites for hydroxylation is 1. The zero-order chi connectivity index (χ0) is 20.8. The fraction of sp³-hybridized carbons (Fsp3) is 0.0909. The van der Waals surface area contributed by atoms with E-state index in [2.05, 4.69) is 26.6 Å². The first-order valence-electron chi connectivity index (χ1n) is 8.77. The Kier molecular flexibility index (Phi) is 6.90. The van der Waals surface area contributed by atoms with Crippen molar-refractivity contribution in [3.8, 4) is 5.75 Å². The third-order valence-corrected chi connectivity index (χ3v) is 4.96. The average molecular weight is 474 g/mol. The summed E-state index contributed by atoms with van der Waals surface area (Å²) in [6.45, 7) is 1.71. The predicted octanol–water partition coefficient (Wildman–Crippen LogP) is 5.68. The molecule has 2 N–H and O–H groups in total. The second-order valence-corrected chi connectivity index (χ2v) is 7.55. The SMILES string of the molecule is Cc1cc(Cl)ccc1OCC(=O)Nc1ccc(Br)c(NC(=O)c2ccccc2)c1. The Bertz CT molecular complexity index is 1040. The first-order chi connectivity index (χ1) is 13.9. The first kappa shape index (κ1) is 20.9. The van der Waals surface area contributed by atoms with Crippen LogP contribution >= 0.6 is 27.5 Å². The van der Waals surface area contributed by atoms with E-state index < -0.39 is 0 Å². The Morgan fingerprint density at radius 2 is 1.76 bits per heavy atom. The number of benzene rings is 3. The van der Waals surface area contributed by atoms with E-state index in [1.165, 1.54) is 0 Å². The standard InChI is InChI=1S/C22H18BrClN2O3/c1-14-11-16(24)7-10-20(14)29-13-21(27)25-17-8-9-18(23)19(12-17)26-22(28)15-5-3-2-4-6-15/h2-12H,13H2,1H3,(H,25,27)(H,26,28). The third-order valence-electron chi connectivity index (χ3n) is 4.03. The van der Waals surface area contributed by atoms with Crippen molar-refractivity contribution >= 4 is 50.7 Å². The number of hydrogen-bond acceptors (Lipinski definition) is 3. The van der Waals surface area contributed by atoms with Gasteiger partial charge in [0.25, 0.3) is 11.8 Å². The van der Waals surface area contributed by atoms with Gasteiger partial charge in [-0.15, -0.1) is 0 Å². The number of rotatable bonds is 6. The highest BCUT2D eigenvalue weighted by molar-refractivity contribution is 9.10. The molecule has 3 aromatic carbocycles. The topological polar surface area (TPSA) is 67.4 Å². The second kappa shape index (κ2) is 9.58. The minimum atomic E-state index is -0.318. The Morgan fingerprint density at radius 3 is 2.48 bits per heavy atom. The van der Waals surface area contributed by atoms with Gasteiger partial charge >= 0.3 is 0 Å². The lowest BCUT2D eigenvalue weighted by Gasteiger charge is -2.12. The van der Waals surface area contributed by atoms with Gasteiger partial charge in [-0.2, -0.15) is 0 Å². The van der Waals surface area contributed by atoms with Crippen LogP contribution in [-0.2, 0) is 4.79 Å². The van der Waals surface area contributed by atoms with Crippen molar-refractivity contribution < 1.29 is 14.3 Å². The van der Waals surface area contributed by atoms with Crippen molar-refractivity contribution in [2.75, 3.05) is 17.2 Å². The molecule has 7 heteroatoms. The van der Waals surface area contributed by atoms with E-state index in [0.717, 1.165) is 5.56 Å². The van der Waals surface area contributed by atoms with Crippen LogP contribution in [0.5, 0.6) is 5.75 Å². The fourth-order valence-corrected chi connectivity index (χ4v) is 3.17. The Labute approximate surface area is 182 Å². The van der Waals surface area contributed by atoms with Crippen LogP contribution in [0.2, 0.25) is 5.02 Å². The zero-order valence-electron chi connectivity index (χ0n) is 15.5. The van der Waals surface area contributed by atoms with Crippen molar-refractivity contribution in [2.24, 2.45) is 0 Å². The van der Waals surface area contributed by atoms with Crippen LogP contribution in [0, 0.1) is 6.92 Å². The first-order valence-corrected chi connectivity index (χ1v) is 9.94. The van der Waals surface area contributed by atoms with Crippen LogP contribution in [-0.4, -0.2) is 18.4 Å². The van der Waals surface area contributed by atoms with Crippen molar-refractivity contribution in [1.82, 2.24) is 0 Å². The molecule has 29 heavy (non-hydrogen) atoms. The summed E-state index contributed by atoms with van der Waals surface area (Å²) in [5.41, 5.74) is 2.48. The van der Waals surface area contributed by atoms with E-state index >= 15 is 0 Å². The molecular weight excluding hydrogens is 456 g/mol. The lowest BCUT2D eigenvalue weighted by molar-refractivity contribution is -0.118. The molecule has 0 spiro atoms. The summed E-state index contributed by atoms with van der Waals surface area (Å²) in [6, 6.07) is 19.2. The molecule has 0 unspecified atom stereocenters. The smallest absolute Gasteiger partial charge is 0.262 e. The summed E-state index contributed by atoms with van der Waals surface area (Å²) in [6.07, 6.45) is 0. The molecule has 0 atom stereocenters. The number of ether oxygens (including phenoxy) is 1. The van der Waals surface area contributed by atoms with E-state index in [-0.39, 0.29) is 18.4 Å². The molecule has 2 amide bonds. The summed E-state index contributed by atoms with van der Waals surface area (Å²) >= 11 is 9.33. The number of carbonyl (C=O) groups excluding carboxylic acids is 2. The van der Waals surface area contributed by atoms with E-state index in [9.17, 15) is 9.59 Å². The molecule has 0 saturated carbocycles. The molecule has 0 heterocycles. The summed E-state index contributed by atoms with van der Waals surface area (Å²) in [4.78, 5) is 24.6. The molecule has 0 aliphatic carbocycles. The molecule has 5 nitrogen and oxygen atoms in total. The van der Waals surface area contributed by atoms with Gasteiger partial charge in [-0.3, -0.25) is 9.59 Å². The Hall–Kier alpha value is -2.83. The molecule has 148 valence electrons. The summed E-state index contributed by atoms with van der Waals surface area (Å²) in [5, 5.41) is 6.20. The maximum Gasteiger partial charge on any atom is 0.262 e. The molecule has 0 aliphatic heterocycles. The van der Waals surface area contributed by atoms with E-state index in [1.807, 2.05) is 13.0 Å². The van der Waals surface area contributed by atoms with Gasteiger partial charge in [-0.1, -0.05) is 29.8 Å². The van der Waals surface area contributed by atoms with Gasteiger partial charge in [-0.25, -0.2) is 0 Å². The van der Waals surface area contributed by atoms with Gasteiger partial charge < -0.3 is 15.4 Å². The fourth-order valence-electron chi connectivity index (χ4n) is 2.60. The van der Waals surface area contributed by atoms with Crippen molar-refractivity contribution in [3.63, 3.8) is 0 Å². The molecular formula is C22H18BrClN2O3. The van der Waals surface area contributed by atoms with Crippen LogP contribution in [0.1, 0.15) is 15.9 Å². The molecule has 0 bridgehead atoms. The number of nitrogens with one attached hydrogen (secondary N) is 2. The predicted molar refractivity (Wildman–Crippen MR) is 119 cm³/mol. The minimum Gasteiger partial charge on any atom is -0.483 e. The summed E-state index contributed by atoms with van der Waals surface area (Å²) in [7, 11) is 0. The van der Waals surface area contributed by atoms with E-state index in [0.29, 0.717) is 32.2 Å². The largest absolute Gasteiger partial charge is 0.483 e. The molecule has 0 aromatic heterocycles. The summed E-state index contributed by atoms with van der Waals surface area (Å²) in [5.74, 6) is 0.0366. The maximum absolute atomic E-state index is 12.4. The Morgan fingerprint density at radius 1 is 1.00 bits per heavy atom. The lowest BCUT2D eigenvalue weighted by atomic mass is 10.2. The van der Waals surface area contributed by atoms with Crippen molar-refractivity contribution in [2.45, 2.75) is 6.92 Å². The van der Waals surface area contributed by atoms with Crippen molar-refractivity contribution in [3.05, 3.63) is 87.4 Å². The molecule has 0 saturated heterocycles. The van der Waals surface area contributed by atoms with Crippen LogP contribution in [0.3, 0.4) is 0 Å². The van der Waals surface area contributed by atoms with Gasteiger partial charge in [0.15, 0.2) is 6.61 Å². The Balaban J connectivity index is 1.63. The van der Waals surface area contributed by atoms with Gasteiger partial charge in [0.2, 0.25) is 0 Å².